The summed E-state index contributed by atoms with van der Waals surface area (Å²) in [5.74, 6) is -1.32. The van der Waals surface area contributed by atoms with E-state index in [1.54, 1.807) is 0 Å². The number of alkyl halides is 3. The van der Waals surface area contributed by atoms with Gasteiger partial charge in [-0.05, 0) is 31.0 Å². The van der Waals surface area contributed by atoms with E-state index in [0.29, 0.717) is 13.1 Å². The molecule has 4 rings (SSSR count). The molecular weight excluding hydrogens is 483 g/mol. The van der Waals surface area contributed by atoms with E-state index < -0.39 is 29.3 Å². The van der Waals surface area contributed by atoms with Gasteiger partial charge in [0.05, 0.1) is 18.2 Å². The van der Waals surface area contributed by atoms with Crippen molar-refractivity contribution < 1.29 is 27.9 Å². The van der Waals surface area contributed by atoms with E-state index in [2.05, 4.69) is 15.1 Å². The molecular formula is C28H30F3N3O3. The van der Waals surface area contributed by atoms with Crippen LogP contribution in [0.3, 0.4) is 0 Å². The van der Waals surface area contributed by atoms with Gasteiger partial charge in [-0.3, -0.25) is 14.5 Å². The molecule has 9 heteroatoms. The summed E-state index contributed by atoms with van der Waals surface area (Å²) in [7, 11) is 0. The van der Waals surface area contributed by atoms with Crippen molar-refractivity contribution in [1.82, 2.24) is 10.2 Å². The van der Waals surface area contributed by atoms with Crippen LogP contribution >= 0.6 is 0 Å². The predicted molar refractivity (Wildman–Crippen MR) is 131 cm³/mol. The number of aliphatic hydroxyl groups excluding tert-OH is 1. The molecule has 1 heterocycles. The van der Waals surface area contributed by atoms with Gasteiger partial charge in [0.2, 0.25) is 0 Å². The largest absolute Gasteiger partial charge is 0.416 e. The minimum Gasteiger partial charge on any atom is -0.391 e. The molecule has 2 aliphatic rings. The number of likely N-dealkylation sites (tertiary alicyclic amines) is 1. The van der Waals surface area contributed by atoms with Crippen LogP contribution in [0, 0.1) is 12.5 Å². The van der Waals surface area contributed by atoms with Crippen molar-refractivity contribution in [2.24, 2.45) is 5.92 Å². The molecule has 1 amide bonds. The molecule has 2 fully saturated rings. The minimum absolute atomic E-state index is 0.0727. The van der Waals surface area contributed by atoms with Gasteiger partial charge in [-0.25, -0.2) is 6.57 Å². The number of hydrogen-bond acceptors (Lipinski definition) is 4. The summed E-state index contributed by atoms with van der Waals surface area (Å²) >= 11 is 0. The Hall–Kier alpha value is -3.22. The Morgan fingerprint density at radius 2 is 1.78 bits per heavy atom. The second-order valence-corrected chi connectivity index (χ2v) is 10.0. The maximum atomic E-state index is 12.9. The Morgan fingerprint density at radius 3 is 2.43 bits per heavy atom. The van der Waals surface area contributed by atoms with Crippen LogP contribution in [0.2, 0.25) is 0 Å². The van der Waals surface area contributed by atoms with E-state index >= 15 is 0 Å². The van der Waals surface area contributed by atoms with Gasteiger partial charge >= 0.3 is 6.18 Å². The Labute approximate surface area is 214 Å². The number of benzene rings is 2. The highest BCUT2D eigenvalue weighted by Crippen LogP contribution is 2.43. The number of aliphatic hydroxyl groups is 1. The summed E-state index contributed by atoms with van der Waals surface area (Å²) in [5, 5.41) is 13.0. The highest BCUT2D eigenvalue weighted by atomic mass is 19.4. The molecule has 0 aromatic heterocycles. The van der Waals surface area contributed by atoms with Crippen LogP contribution in [0.4, 0.5) is 13.2 Å². The first kappa shape index (κ1) is 26.8. The lowest BCUT2D eigenvalue weighted by atomic mass is 9.75. The first-order valence-corrected chi connectivity index (χ1v) is 12.4. The van der Waals surface area contributed by atoms with Gasteiger partial charge in [0.15, 0.2) is 5.78 Å². The topological polar surface area (TPSA) is 74.0 Å². The van der Waals surface area contributed by atoms with Crippen molar-refractivity contribution in [1.29, 1.82) is 0 Å². The Balaban J connectivity index is 1.26. The molecule has 2 atom stereocenters. The van der Waals surface area contributed by atoms with Crippen LogP contribution in [0.1, 0.15) is 53.6 Å². The van der Waals surface area contributed by atoms with Gasteiger partial charge in [-0.2, -0.15) is 13.2 Å². The lowest BCUT2D eigenvalue weighted by Gasteiger charge is -2.36. The van der Waals surface area contributed by atoms with Crippen molar-refractivity contribution in [2.75, 3.05) is 19.6 Å². The number of amides is 1. The van der Waals surface area contributed by atoms with Crippen LogP contribution in [0.5, 0.6) is 0 Å². The lowest BCUT2D eigenvalue weighted by Crippen LogP contribution is -2.41. The first-order chi connectivity index (χ1) is 17.6. The average molecular weight is 514 g/mol. The molecule has 2 aromatic rings. The Morgan fingerprint density at radius 1 is 1.08 bits per heavy atom. The van der Waals surface area contributed by atoms with Crippen LogP contribution in [0.15, 0.2) is 54.6 Å². The van der Waals surface area contributed by atoms with Crippen molar-refractivity contribution in [3.63, 3.8) is 0 Å². The second-order valence-electron chi connectivity index (χ2n) is 10.0. The maximum absolute atomic E-state index is 12.9. The molecule has 1 saturated carbocycles. The summed E-state index contributed by atoms with van der Waals surface area (Å²) in [6.07, 6.45) is -2.02. The summed E-state index contributed by atoms with van der Waals surface area (Å²) in [5.41, 5.74) is -0.567. The number of nitrogens with zero attached hydrogens (tertiary/aromatic N) is 2. The van der Waals surface area contributed by atoms with Gasteiger partial charge in [0, 0.05) is 55.4 Å². The summed E-state index contributed by atoms with van der Waals surface area (Å²) in [6, 6.07) is 14.1. The Bertz CT molecular complexity index is 1150. The average Bonchev–Trinajstić information content (AvgIpc) is 3.27. The van der Waals surface area contributed by atoms with Gasteiger partial charge in [-0.1, -0.05) is 36.4 Å². The molecule has 1 aliphatic heterocycles. The third-order valence-electron chi connectivity index (χ3n) is 7.65. The monoisotopic (exact) mass is 513 g/mol. The molecule has 196 valence electrons. The highest BCUT2D eigenvalue weighted by Gasteiger charge is 2.45. The molecule has 0 radical (unpaired) electrons. The quantitative estimate of drug-likeness (QED) is 0.537. The van der Waals surface area contributed by atoms with E-state index in [4.69, 9.17) is 6.57 Å². The number of nitrogens with one attached hydrogen (secondary N) is 1. The molecule has 2 aromatic carbocycles. The zero-order chi connectivity index (χ0) is 26.6. The maximum Gasteiger partial charge on any atom is 0.416 e. The van der Waals surface area contributed by atoms with Gasteiger partial charge in [0.25, 0.3) is 11.4 Å². The zero-order valence-corrected chi connectivity index (χ0v) is 20.4. The fourth-order valence-electron chi connectivity index (χ4n) is 5.53. The number of Topliss-reactive ketones (excluding diaryl/α,β-unsaturated/α-hetero) is 1. The van der Waals surface area contributed by atoms with Gasteiger partial charge in [0.1, 0.15) is 0 Å². The van der Waals surface area contributed by atoms with Crippen molar-refractivity contribution in [3.05, 3.63) is 82.7 Å². The van der Waals surface area contributed by atoms with E-state index in [-0.39, 0.29) is 36.3 Å². The van der Waals surface area contributed by atoms with Crippen molar-refractivity contribution in [2.45, 2.75) is 56.0 Å². The molecule has 2 N–H and O–H groups in total. The van der Waals surface area contributed by atoms with Crippen LogP contribution in [-0.4, -0.2) is 53.5 Å². The SMILES string of the molecule is [C-]#[N+]C1(c2ccccc2)CCC(N2C[C@H](CC(=O)CNC(=O)c3cccc(C(F)(F)F)c3)[C@@H](O)C2)CC1. The molecule has 1 aliphatic carbocycles. The number of halogens is 3. The molecule has 0 unspecified atom stereocenters. The molecule has 0 spiro atoms. The summed E-state index contributed by atoms with van der Waals surface area (Å²) in [6.45, 7) is 8.51. The van der Waals surface area contributed by atoms with E-state index in [1.165, 1.54) is 6.07 Å². The fraction of sp³-hybridized carbons (Fsp3) is 0.464. The summed E-state index contributed by atoms with van der Waals surface area (Å²) < 4.78 is 38.6. The van der Waals surface area contributed by atoms with Gasteiger partial charge in [-0.15, -0.1) is 0 Å². The first-order valence-electron chi connectivity index (χ1n) is 12.4. The van der Waals surface area contributed by atoms with Gasteiger partial charge < -0.3 is 15.3 Å². The zero-order valence-electron chi connectivity index (χ0n) is 20.4. The third kappa shape index (κ3) is 6.20. The van der Waals surface area contributed by atoms with E-state index in [9.17, 15) is 27.9 Å². The standard InChI is InChI=1S/C28H30F3N3O3/c1-32-27(21-7-3-2-4-8-21)12-10-23(11-13-27)34-17-20(25(36)18-34)15-24(35)16-33-26(37)19-6-5-9-22(14-19)28(29,30)31/h2-9,14,20,23,25,36H,10-13,15-18H2,(H,33,37)/t20-,23?,25-,27?/m0/s1. The number of carbonyl (C=O) groups is 2. The number of rotatable bonds is 7. The highest BCUT2D eigenvalue weighted by molar-refractivity contribution is 5.96. The number of hydrogen-bond donors (Lipinski definition) is 2. The molecule has 0 bridgehead atoms. The van der Waals surface area contributed by atoms with Crippen LogP contribution < -0.4 is 5.32 Å². The predicted octanol–water partition coefficient (Wildman–Crippen LogP) is 4.44. The van der Waals surface area contributed by atoms with Crippen molar-refractivity contribution >= 4 is 11.7 Å². The smallest absolute Gasteiger partial charge is 0.391 e. The molecule has 37 heavy (non-hydrogen) atoms. The van der Waals surface area contributed by atoms with Crippen LogP contribution in [0.25, 0.3) is 4.85 Å². The van der Waals surface area contributed by atoms with E-state index in [0.717, 1.165) is 49.4 Å². The lowest BCUT2D eigenvalue weighted by molar-refractivity contribution is -0.137. The van der Waals surface area contributed by atoms with E-state index in [1.807, 2.05) is 30.3 Å². The second kappa shape index (κ2) is 11.0. The minimum atomic E-state index is -4.56. The fourth-order valence-corrected chi connectivity index (χ4v) is 5.53. The van der Waals surface area contributed by atoms with Crippen LogP contribution in [-0.2, 0) is 16.5 Å². The third-order valence-corrected chi connectivity index (χ3v) is 7.65. The summed E-state index contributed by atoms with van der Waals surface area (Å²) in [4.78, 5) is 31.0. The number of ketones is 1. The molecule has 6 nitrogen and oxygen atoms in total. The normalized spacial score (nSPS) is 26.4. The molecule has 1 saturated heterocycles. The number of β-amino-alcohol motifs (C(OH)–C–C–N with tert-alkyl or cyclic N) is 1. The number of carbonyl (C=O) groups excluding carboxylic acids is 2. The van der Waals surface area contributed by atoms with Crippen molar-refractivity contribution in [3.8, 4) is 0 Å². The Kier molecular flexibility index (Phi) is 8.00.